The summed E-state index contributed by atoms with van der Waals surface area (Å²) in [5.41, 5.74) is 0. The normalized spacial score (nSPS) is 22.2. The topological polar surface area (TPSA) is 40.5 Å². The minimum absolute atomic E-state index is 0.283. The minimum atomic E-state index is -0.662. The summed E-state index contributed by atoms with van der Waals surface area (Å²) in [5, 5.41) is 11.4. The van der Waals surface area contributed by atoms with Crippen molar-refractivity contribution >= 4 is 17.3 Å². The van der Waals surface area contributed by atoms with E-state index in [9.17, 15) is 9.90 Å². The van der Waals surface area contributed by atoms with Gasteiger partial charge in [-0.15, -0.1) is 11.3 Å². The summed E-state index contributed by atoms with van der Waals surface area (Å²) in [5.74, 6) is -0.662. The molecule has 1 aromatic rings. The molecule has 0 bridgehead atoms. The van der Waals surface area contributed by atoms with Crippen molar-refractivity contribution in [2.75, 3.05) is 6.54 Å². The number of likely N-dealkylation sites (tertiary alicyclic amines) is 1. The molecule has 0 spiro atoms. The first kappa shape index (κ1) is 13.6. The second kappa shape index (κ2) is 6.34. The van der Waals surface area contributed by atoms with Gasteiger partial charge in [0.15, 0.2) is 0 Å². The van der Waals surface area contributed by atoms with E-state index in [2.05, 4.69) is 29.3 Å². The number of rotatable bonds is 6. The van der Waals surface area contributed by atoms with Crippen molar-refractivity contribution in [3.8, 4) is 0 Å². The van der Waals surface area contributed by atoms with Gasteiger partial charge in [0.05, 0.1) is 0 Å². The Balaban J connectivity index is 2.15. The standard InChI is InChI=1S/C14H21NO2S/c1-2-3-6-11(13-8-5-10-18-13)15-9-4-7-12(15)14(16)17/h5,8,10-12H,2-4,6-7,9H2,1H3,(H,16,17). The molecule has 0 radical (unpaired) electrons. The summed E-state index contributed by atoms with van der Waals surface area (Å²) < 4.78 is 0. The third-order valence-corrected chi connectivity index (χ3v) is 4.66. The van der Waals surface area contributed by atoms with E-state index in [1.807, 2.05) is 0 Å². The van der Waals surface area contributed by atoms with E-state index in [0.29, 0.717) is 6.04 Å². The quantitative estimate of drug-likeness (QED) is 0.857. The van der Waals surface area contributed by atoms with Crippen LogP contribution in [0.1, 0.15) is 49.9 Å². The highest BCUT2D eigenvalue weighted by molar-refractivity contribution is 7.10. The number of hydrogen-bond acceptors (Lipinski definition) is 3. The van der Waals surface area contributed by atoms with Gasteiger partial charge in [-0.1, -0.05) is 25.8 Å². The summed E-state index contributed by atoms with van der Waals surface area (Å²) in [6.07, 6.45) is 5.19. The smallest absolute Gasteiger partial charge is 0.320 e. The molecule has 1 N–H and O–H groups in total. The molecule has 1 aromatic heterocycles. The fourth-order valence-corrected chi connectivity index (χ4v) is 3.66. The maximum absolute atomic E-state index is 11.3. The first-order valence-electron chi connectivity index (χ1n) is 6.76. The molecule has 2 rings (SSSR count). The molecule has 1 aliphatic heterocycles. The number of aliphatic carboxylic acids is 1. The van der Waals surface area contributed by atoms with Crippen LogP contribution in [0.4, 0.5) is 0 Å². The SMILES string of the molecule is CCCCC(c1cccs1)N1CCCC1C(=O)O. The first-order chi connectivity index (χ1) is 8.74. The van der Waals surface area contributed by atoms with Crippen LogP contribution in [-0.2, 0) is 4.79 Å². The lowest BCUT2D eigenvalue weighted by Crippen LogP contribution is -2.38. The number of carboxylic acid groups (broad SMARTS) is 1. The Morgan fingerprint density at radius 2 is 2.50 bits per heavy atom. The van der Waals surface area contributed by atoms with Crippen molar-refractivity contribution in [1.82, 2.24) is 4.90 Å². The van der Waals surface area contributed by atoms with Gasteiger partial charge in [-0.25, -0.2) is 0 Å². The van der Waals surface area contributed by atoms with Gasteiger partial charge in [-0.2, -0.15) is 0 Å². The highest BCUT2D eigenvalue weighted by Crippen LogP contribution is 2.35. The van der Waals surface area contributed by atoms with Crippen LogP contribution in [0, 0.1) is 0 Å². The molecule has 0 aliphatic carbocycles. The van der Waals surface area contributed by atoms with Gasteiger partial charge in [0.1, 0.15) is 6.04 Å². The molecular formula is C14H21NO2S. The van der Waals surface area contributed by atoms with Crippen molar-refractivity contribution in [1.29, 1.82) is 0 Å². The highest BCUT2D eigenvalue weighted by Gasteiger charge is 2.35. The van der Waals surface area contributed by atoms with Gasteiger partial charge in [0.25, 0.3) is 0 Å². The van der Waals surface area contributed by atoms with Crippen molar-refractivity contribution in [3.63, 3.8) is 0 Å². The molecule has 2 unspecified atom stereocenters. The number of nitrogens with zero attached hydrogens (tertiary/aromatic N) is 1. The second-order valence-electron chi connectivity index (χ2n) is 4.91. The van der Waals surface area contributed by atoms with E-state index in [1.165, 1.54) is 4.88 Å². The number of hydrogen-bond donors (Lipinski definition) is 1. The fourth-order valence-electron chi connectivity index (χ4n) is 2.78. The van der Waals surface area contributed by atoms with Gasteiger partial charge >= 0.3 is 5.97 Å². The zero-order valence-electron chi connectivity index (χ0n) is 10.8. The predicted molar refractivity (Wildman–Crippen MR) is 73.9 cm³/mol. The summed E-state index contributed by atoms with van der Waals surface area (Å²) in [7, 11) is 0. The molecule has 3 nitrogen and oxygen atoms in total. The Kier molecular flexibility index (Phi) is 4.78. The first-order valence-corrected chi connectivity index (χ1v) is 7.64. The summed E-state index contributed by atoms with van der Waals surface area (Å²) in [4.78, 5) is 14.8. The van der Waals surface area contributed by atoms with E-state index < -0.39 is 5.97 Å². The van der Waals surface area contributed by atoms with E-state index in [0.717, 1.165) is 38.6 Å². The Morgan fingerprint density at radius 1 is 1.67 bits per heavy atom. The monoisotopic (exact) mass is 267 g/mol. The van der Waals surface area contributed by atoms with E-state index in [1.54, 1.807) is 11.3 Å². The van der Waals surface area contributed by atoms with Crippen molar-refractivity contribution < 1.29 is 9.90 Å². The molecule has 1 fully saturated rings. The highest BCUT2D eigenvalue weighted by atomic mass is 32.1. The number of carbonyl (C=O) groups is 1. The second-order valence-corrected chi connectivity index (χ2v) is 5.89. The number of unbranched alkanes of at least 4 members (excludes halogenated alkanes) is 1. The van der Waals surface area contributed by atoms with Gasteiger partial charge in [-0.05, 0) is 37.3 Å². The maximum Gasteiger partial charge on any atom is 0.320 e. The molecule has 2 heterocycles. The van der Waals surface area contributed by atoms with Crippen LogP contribution >= 0.6 is 11.3 Å². The average molecular weight is 267 g/mol. The Hall–Kier alpha value is -0.870. The summed E-state index contributed by atoms with van der Waals surface area (Å²) in [6, 6.07) is 4.22. The van der Waals surface area contributed by atoms with E-state index in [4.69, 9.17) is 0 Å². The van der Waals surface area contributed by atoms with Gasteiger partial charge in [-0.3, -0.25) is 9.69 Å². The lowest BCUT2D eigenvalue weighted by atomic mass is 10.1. The van der Waals surface area contributed by atoms with Crippen LogP contribution in [0.15, 0.2) is 17.5 Å². The van der Waals surface area contributed by atoms with Crippen LogP contribution in [0.3, 0.4) is 0 Å². The maximum atomic E-state index is 11.3. The average Bonchev–Trinajstić information content (AvgIpc) is 3.00. The molecule has 4 heteroatoms. The molecule has 0 aromatic carbocycles. The molecule has 2 atom stereocenters. The summed E-state index contributed by atoms with van der Waals surface area (Å²) >= 11 is 1.75. The van der Waals surface area contributed by atoms with Gasteiger partial charge in [0.2, 0.25) is 0 Å². The zero-order valence-corrected chi connectivity index (χ0v) is 11.7. The van der Waals surface area contributed by atoms with Crippen molar-refractivity contribution in [2.45, 2.75) is 51.1 Å². The Morgan fingerprint density at radius 3 is 3.11 bits per heavy atom. The van der Waals surface area contributed by atoms with Gasteiger partial charge < -0.3 is 5.11 Å². The molecule has 0 saturated carbocycles. The predicted octanol–water partition coefficient (Wildman–Crippen LogP) is 3.53. The summed E-state index contributed by atoms with van der Waals surface area (Å²) in [6.45, 7) is 3.10. The van der Waals surface area contributed by atoms with Crippen molar-refractivity contribution in [3.05, 3.63) is 22.4 Å². The van der Waals surface area contributed by atoms with Crippen molar-refractivity contribution in [2.24, 2.45) is 0 Å². The minimum Gasteiger partial charge on any atom is -0.480 e. The molecule has 1 saturated heterocycles. The number of thiophene rings is 1. The van der Waals surface area contributed by atoms with Crippen LogP contribution in [0.5, 0.6) is 0 Å². The third kappa shape index (κ3) is 2.93. The lowest BCUT2D eigenvalue weighted by Gasteiger charge is -2.30. The third-order valence-electron chi connectivity index (χ3n) is 3.68. The van der Waals surface area contributed by atoms with Crippen LogP contribution in [0.25, 0.3) is 0 Å². The molecule has 18 heavy (non-hydrogen) atoms. The Bertz CT molecular complexity index is 377. The largest absolute Gasteiger partial charge is 0.480 e. The Labute approximate surface area is 112 Å². The van der Waals surface area contributed by atoms with Crippen LogP contribution < -0.4 is 0 Å². The van der Waals surface area contributed by atoms with E-state index >= 15 is 0 Å². The van der Waals surface area contributed by atoms with Crippen LogP contribution in [-0.4, -0.2) is 28.6 Å². The van der Waals surface area contributed by atoms with E-state index in [-0.39, 0.29) is 6.04 Å². The number of carboxylic acids is 1. The molecule has 0 amide bonds. The lowest BCUT2D eigenvalue weighted by molar-refractivity contribution is -0.143. The fraction of sp³-hybridized carbons (Fsp3) is 0.643. The molecule has 100 valence electrons. The molecule has 1 aliphatic rings. The molecular weight excluding hydrogens is 246 g/mol. The van der Waals surface area contributed by atoms with Crippen LogP contribution in [0.2, 0.25) is 0 Å². The van der Waals surface area contributed by atoms with Gasteiger partial charge in [0, 0.05) is 10.9 Å². The zero-order chi connectivity index (χ0) is 13.0.